The highest BCUT2D eigenvalue weighted by molar-refractivity contribution is 5.64. The molecule has 75 valence electrons. The third-order valence-corrected chi connectivity index (χ3v) is 2.17. The Balaban J connectivity index is 2.63. The molecule has 0 saturated carbocycles. The Bertz CT molecular complexity index is 469. The fourth-order valence-corrected chi connectivity index (χ4v) is 1.49. The van der Waals surface area contributed by atoms with Crippen LogP contribution in [0.25, 0.3) is 11.1 Å². The number of benzene rings is 2. The van der Waals surface area contributed by atoms with E-state index in [1.807, 2.05) is 13.0 Å². The molecule has 0 unspecified atom stereocenters. The van der Waals surface area contributed by atoms with E-state index in [2.05, 4.69) is 6.07 Å². The maximum atomic E-state index is 13.4. The zero-order chi connectivity index (χ0) is 10.8. The predicted molar refractivity (Wildman–Crippen MR) is 55.4 cm³/mol. The molecule has 0 bridgehead atoms. The highest BCUT2D eigenvalue weighted by atomic mass is 19.1. The van der Waals surface area contributed by atoms with Crippen molar-refractivity contribution in [1.29, 1.82) is 0 Å². The highest BCUT2D eigenvalue weighted by Crippen LogP contribution is 2.25. The van der Waals surface area contributed by atoms with Crippen LogP contribution in [-0.4, -0.2) is 0 Å². The van der Waals surface area contributed by atoms with Crippen LogP contribution in [0.3, 0.4) is 0 Å². The second kappa shape index (κ2) is 3.81. The van der Waals surface area contributed by atoms with Gasteiger partial charge >= 0.3 is 0 Å². The monoisotopic (exact) mass is 203 g/mol. The molecule has 2 aromatic rings. The van der Waals surface area contributed by atoms with E-state index in [1.54, 1.807) is 12.1 Å². The van der Waals surface area contributed by atoms with Crippen LogP contribution >= 0.6 is 0 Å². The molecule has 2 aromatic carbocycles. The number of aryl methyl sites for hydroxylation is 1. The zero-order valence-corrected chi connectivity index (χ0v) is 8.22. The van der Waals surface area contributed by atoms with Gasteiger partial charge in [-0.05, 0) is 36.2 Å². The van der Waals surface area contributed by atoms with Crippen molar-refractivity contribution in [1.82, 2.24) is 0 Å². The Morgan fingerprint density at radius 3 is 2.13 bits per heavy atom. The van der Waals surface area contributed by atoms with E-state index in [4.69, 9.17) is 0 Å². The molecular formula is C13H9F2. The molecule has 0 N–H and O–H groups in total. The molecule has 0 aliphatic carbocycles. The molecule has 0 amide bonds. The van der Waals surface area contributed by atoms with Crippen LogP contribution in [0.1, 0.15) is 5.56 Å². The Morgan fingerprint density at radius 2 is 1.53 bits per heavy atom. The highest BCUT2D eigenvalue weighted by Gasteiger charge is 2.10. The molecule has 0 aliphatic rings. The molecule has 2 rings (SSSR count). The first-order chi connectivity index (χ1) is 7.18. The van der Waals surface area contributed by atoms with Crippen LogP contribution in [0.4, 0.5) is 8.78 Å². The summed E-state index contributed by atoms with van der Waals surface area (Å²) in [5.41, 5.74) is 1.29. The molecular weight excluding hydrogens is 194 g/mol. The van der Waals surface area contributed by atoms with E-state index in [-0.39, 0.29) is 5.56 Å². The minimum absolute atomic E-state index is 0.0128. The van der Waals surface area contributed by atoms with Crippen LogP contribution in [0.2, 0.25) is 0 Å². The smallest absolute Gasteiger partial charge is 0.133 e. The molecule has 0 atom stereocenters. The SMILES string of the molecule is Cc1[c]c(-c2c(F)cccc2F)ccc1. The Hall–Kier alpha value is -1.70. The summed E-state index contributed by atoms with van der Waals surface area (Å²) in [4.78, 5) is 0. The molecule has 0 fully saturated rings. The summed E-state index contributed by atoms with van der Waals surface area (Å²) in [6, 6.07) is 12.0. The predicted octanol–water partition coefficient (Wildman–Crippen LogP) is 3.74. The first-order valence-corrected chi connectivity index (χ1v) is 4.62. The quantitative estimate of drug-likeness (QED) is 0.662. The molecule has 0 nitrogen and oxygen atoms in total. The second-order valence-corrected chi connectivity index (χ2v) is 3.34. The Kier molecular flexibility index (Phi) is 2.50. The molecule has 0 saturated heterocycles. The number of hydrogen-bond donors (Lipinski definition) is 0. The van der Waals surface area contributed by atoms with Gasteiger partial charge in [0, 0.05) is 0 Å². The van der Waals surface area contributed by atoms with E-state index in [1.165, 1.54) is 18.2 Å². The van der Waals surface area contributed by atoms with Crippen molar-refractivity contribution in [2.45, 2.75) is 6.92 Å². The molecule has 0 aromatic heterocycles. The van der Waals surface area contributed by atoms with Crippen LogP contribution < -0.4 is 0 Å². The molecule has 2 heteroatoms. The van der Waals surface area contributed by atoms with E-state index >= 15 is 0 Å². The average Bonchev–Trinajstić information content (AvgIpc) is 2.17. The van der Waals surface area contributed by atoms with Gasteiger partial charge in [-0.25, -0.2) is 8.78 Å². The number of halogens is 2. The molecule has 15 heavy (non-hydrogen) atoms. The third kappa shape index (κ3) is 1.89. The van der Waals surface area contributed by atoms with E-state index in [9.17, 15) is 8.78 Å². The van der Waals surface area contributed by atoms with Crippen molar-refractivity contribution in [2.24, 2.45) is 0 Å². The van der Waals surface area contributed by atoms with Crippen molar-refractivity contribution < 1.29 is 8.78 Å². The van der Waals surface area contributed by atoms with Gasteiger partial charge in [-0.15, -0.1) is 0 Å². The van der Waals surface area contributed by atoms with Gasteiger partial charge in [-0.2, -0.15) is 0 Å². The lowest BCUT2D eigenvalue weighted by Crippen LogP contribution is -1.90. The van der Waals surface area contributed by atoms with Gasteiger partial charge in [0.2, 0.25) is 0 Å². The van der Waals surface area contributed by atoms with Gasteiger partial charge in [-0.3, -0.25) is 0 Å². The van der Waals surface area contributed by atoms with Gasteiger partial charge in [0.05, 0.1) is 5.56 Å². The summed E-state index contributed by atoms with van der Waals surface area (Å²) < 4.78 is 26.8. The molecule has 0 heterocycles. The first kappa shape index (κ1) is 9.84. The van der Waals surface area contributed by atoms with Gasteiger partial charge in [0.25, 0.3) is 0 Å². The van der Waals surface area contributed by atoms with E-state index in [0.29, 0.717) is 5.56 Å². The number of rotatable bonds is 1. The largest absolute Gasteiger partial charge is 0.206 e. The minimum Gasteiger partial charge on any atom is -0.206 e. The van der Waals surface area contributed by atoms with Gasteiger partial charge in [0.15, 0.2) is 0 Å². The third-order valence-electron chi connectivity index (χ3n) is 2.17. The summed E-state index contributed by atoms with van der Waals surface area (Å²) in [6.45, 7) is 1.84. The van der Waals surface area contributed by atoms with E-state index < -0.39 is 11.6 Å². The Labute approximate surface area is 87.2 Å². The lowest BCUT2D eigenvalue weighted by atomic mass is 10.0. The summed E-state index contributed by atoms with van der Waals surface area (Å²) in [6.07, 6.45) is 0. The lowest BCUT2D eigenvalue weighted by molar-refractivity contribution is 0.589. The summed E-state index contributed by atoms with van der Waals surface area (Å²) in [5.74, 6) is -1.12. The zero-order valence-electron chi connectivity index (χ0n) is 8.22. The fourth-order valence-electron chi connectivity index (χ4n) is 1.49. The fraction of sp³-hybridized carbons (Fsp3) is 0.0769. The minimum atomic E-state index is -0.558. The molecule has 0 spiro atoms. The normalized spacial score (nSPS) is 10.3. The summed E-state index contributed by atoms with van der Waals surface area (Å²) in [7, 11) is 0. The number of hydrogen-bond acceptors (Lipinski definition) is 0. The average molecular weight is 203 g/mol. The van der Waals surface area contributed by atoms with Crippen LogP contribution in [-0.2, 0) is 0 Å². The van der Waals surface area contributed by atoms with Crippen LogP contribution in [0.15, 0.2) is 36.4 Å². The van der Waals surface area contributed by atoms with Crippen molar-refractivity contribution in [3.8, 4) is 11.1 Å². The van der Waals surface area contributed by atoms with Gasteiger partial charge in [0.1, 0.15) is 11.6 Å². The molecule has 1 radical (unpaired) electrons. The summed E-state index contributed by atoms with van der Waals surface area (Å²) in [5, 5.41) is 0. The maximum absolute atomic E-state index is 13.4. The second-order valence-electron chi connectivity index (χ2n) is 3.34. The Morgan fingerprint density at radius 1 is 0.933 bits per heavy atom. The summed E-state index contributed by atoms with van der Waals surface area (Å²) >= 11 is 0. The van der Waals surface area contributed by atoms with Crippen molar-refractivity contribution in [2.75, 3.05) is 0 Å². The molecule has 0 aliphatic heterocycles. The van der Waals surface area contributed by atoms with Crippen molar-refractivity contribution in [3.05, 3.63) is 59.7 Å². The van der Waals surface area contributed by atoms with Gasteiger partial charge < -0.3 is 0 Å². The van der Waals surface area contributed by atoms with Crippen molar-refractivity contribution in [3.63, 3.8) is 0 Å². The first-order valence-electron chi connectivity index (χ1n) is 4.62. The van der Waals surface area contributed by atoms with Gasteiger partial charge in [-0.1, -0.05) is 24.3 Å². The van der Waals surface area contributed by atoms with Crippen LogP contribution in [0.5, 0.6) is 0 Å². The lowest BCUT2D eigenvalue weighted by Gasteiger charge is -2.04. The standard InChI is InChI=1S/C13H9F2/c1-9-4-2-5-10(8-9)13-11(14)6-3-7-12(13)15/h2-7H,1H3. The maximum Gasteiger partial charge on any atom is 0.133 e. The van der Waals surface area contributed by atoms with Crippen LogP contribution in [0, 0.1) is 24.6 Å². The van der Waals surface area contributed by atoms with Crippen molar-refractivity contribution >= 4 is 0 Å². The topological polar surface area (TPSA) is 0 Å². The van der Waals surface area contributed by atoms with E-state index in [0.717, 1.165) is 5.56 Å².